The number of halogens is 1. The number of aryl methyl sites for hydroxylation is 1. The Bertz CT molecular complexity index is 1070. The summed E-state index contributed by atoms with van der Waals surface area (Å²) in [5.74, 6) is 0.780. The van der Waals surface area contributed by atoms with E-state index in [0.717, 1.165) is 58.7 Å². The molecule has 1 aromatic carbocycles. The van der Waals surface area contributed by atoms with Gasteiger partial charge >= 0.3 is 0 Å². The van der Waals surface area contributed by atoms with Crippen LogP contribution in [0, 0.1) is 0 Å². The molecule has 0 radical (unpaired) electrons. The molecule has 0 unspecified atom stereocenters. The normalized spacial score (nSPS) is 26.6. The van der Waals surface area contributed by atoms with Crippen molar-refractivity contribution in [2.24, 2.45) is 7.05 Å². The van der Waals surface area contributed by atoms with Crippen LogP contribution in [-0.2, 0) is 19.9 Å². The third kappa shape index (κ3) is 3.10. The highest BCUT2D eigenvalue weighted by molar-refractivity contribution is 6.31. The van der Waals surface area contributed by atoms with Gasteiger partial charge < -0.3 is 19.5 Å². The van der Waals surface area contributed by atoms with E-state index < -0.39 is 18.3 Å². The van der Waals surface area contributed by atoms with E-state index in [4.69, 9.17) is 16.3 Å². The quantitative estimate of drug-likeness (QED) is 0.646. The van der Waals surface area contributed by atoms with E-state index in [9.17, 15) is 10.2 Å². The van der Waals surface area contributed by atoms with Gasteiger partial charge in [0.05, 0.1) is 12.2 Å². The van der Waals surface area contributed by atoms with Gasteiger partial charge in [-0.2, -0.15) is 4.57 Å². The number of aliphatic hydroxyl groups excluding tert-OH is 2. The van der Waals surface area contributed by atoms with Crippen LogP contribution in [-0.4, -0.2) is 38.1 Å². The molecule has 2 N–H and O–H groups in total. The predicted octanol–water partition coefficient (Wildman–Crippen LogP) is 2.51. The molecule has 0 bridgehead atoms. The molecule has 5 rings (SSSR count). The first-order chi connectivity index (χ1) is 14.0. The highest BCUT2D eigenvalue weighted by atomic mass is 35.5. The smallest absolute Gasteiger partial charge is 0.249 e. The number of benzene rings is 1. The van der Waals surface area contributed by atoms with Gasteiger partial charge in [0.15, 0.2) is 6.20 Å². The molecule has 1 saturated carbocycles. The number of hydrogen-bond acceptors (Lipinski definition) is 4. The lowest BCUT2D eigenvalue weighted by Gasteiger charge is -2.24. The van der Waals surface area contributed by atoms with Gasteiger partial charge in [-0.15, -0.1) is 0 Å². The van der Waals surface area contributed by atoms with Gasteiger partial charge in [0.25, 0.3) is 0 Å². The monoisotopic (exact) mass is 414 g/mol. The molecule has 0 aliphatic heterocycles. The van der Waals surface area contributed by atoms with Gasteiger partial charge in [0.2, 0.25) is 11.2 Å². The molecule has 2 aliphatic carbocycles. The topological polar surface area (TPSA) is 71.4 Å². The summed E-state index contributed by atoms with van der Waals surface area (Å²) in [5, 5.41) is 22.3. The molecule has 2 heterocycles. The average molecular weight is 415 g/mol. The van der Waals surface area contributed by atoms with Crippen LogP contribution in [0.1, 0.15) is 36.4 Å². The van der Waals surface area contributed by atoms with Crippen LogP contribution in [0.15, 0.2) is 36.8 Å². The minimum Gasteiger partial charge on any atom is -0.487 e. The Morgan fingerprint density at radius 2 is 1.93 bits per heavy atom. The van der Waals surface area contributed by atoms with Crippen LogP contribution in [0.5, 0.6) is 5.75 Å². The Hall–Kier alpha value is -2.15. The molecule has 1 fully saturated rings. The molecule has 2 aliphatic rings. The highest BCUT2D eigenvalue weighted by Crippen LogP contribution is 2.39. The van der Waals surface area contributed by atoms with Crippen LogP contribution in [0.25, 0.3) is 11.2 Å². The van der Waals surface area contributed by atoms with Crippen molar-refractivity contribution in [1.82, 2.24) is 9.55 Å². The van der Waals surface area contributed by atoms with Gasteiger partial charge in [-0.05, 0) is 48.9 Å². The second kappa shape index (κ2) is 7.27. The van der Waals surface area contributed by atoms with Gasteiger partial charge in [-0.1, -0.05) is 11.6 Å². The molecule has 29 heavy (non-hydrogen) atoms. The van der Waals surface area contributed by atoms with Gasteiger partial charge in [0.1, 0.15) is 31.1 Å². The summed E-state index contributed by atoms with van der Waals surface area (Å²) in [5.41, 5.74) is 4.07. The summed E-state index contributed by atoms with van der Waals surface area (Å²) in [6, 6.07) is 5.45. The van der Waals surface area contributed by atoms with Crippen molar-refractivity contribution in [1.29, 1.82) is 0 Å². The van der Waals surface area contributed by atoms with Gasteiger partial charge in [-0.25, -0.2) is 4.98 Å². The highest BCUT2D eigenvalue weighted by Gasteiger charge is 2.45. The van der Waals surface area contributed by atoms with Crippen molar-refractivity contribution in [2.75, 3.05) is 0 Å². The van der Waals surface area contributed by atoms with Gasteiger partial charge in [0, 0.05) is 23.7 Å². The summed E-state index contributed by atoms with van der Waals surface area (Å²) in [7, 11) is 1.96. The Morgan fingerprint density at radius 3 is 2.76 bits per heavy atom. The fourth-order valence-electron chi connectivity index (χ4n) is 4.81. The van der Waals surface area contributed by atoms with E-state index in [1.807, 2.05) is 46.8 Å². The maximum Gasteiger partial charge on any atom is 0.249 e. The zero-order valence-corrected chi connectivity index (χ0v) is 17.1. The standard InChI is InChI=1S/C22H25ClN3O3/c1-25-11-9-24-22-16(25)8-10-26(22)17-12-19(21(28)20(17)27)29-18-7-6-15(23)13-4-2-3-5-14(13)18/h6-11,17,19-21,27-28H,2-5,12H2,1H3/q+1/t17-,19+,20+,21-/m1/s1. The van der Waals surface area contributed by atoms with Crippen LogP contribution < -0.4 is 9.30 Å². The molecule has 0 saturated heterocycles. The fraction of sp³-hybridized carbons (Fsp3) is 0.455. The van der Waals surface area contributed by atoms with E-state index in [1.54, 1.807) is 6.20 Å². The Morgan fingerprint density at radius 1 is 1.14 bits per heavy atom. The maximum absolute atomic E-state index is 10.8. The van der Waals surface area contributed by atoms with Crippen LogP contribution in [0.3, 0.4) is 0 Å². The Balaban J connectivity index is 1.44. The number of aliphatic hydroxyl groups is 2. The second-order valence-corrected chi connectivity index (χ2v) is 8.53. The van der Waals surface area contributed by atoms with E-state index in [2.05, 4.69) is 4.98 Å². The summed E-state index contributed by atoms with van der Waals surface area (Å²) in [6.45, 7) is 0. The summed E-state index contributed by atoms with van der Waals surface area (Å²) in [4.78, 5) is 4.48. The van der Waals surface area contributed by atoms with E-state index in [-0.39, 0.29) is 6.04 Å². The number of rotatable bonds is 3. The lowest BCUT2D eigenvalue weighted by atomic mass is 9.91. The van der Waals surface area contributed by atoms with Crippen LogP contribution >= 0.6 is 11.6 Å². The second-order valence-electron chi connectivity index (χ2n) is 8.12. The van der Waals surface area contributed by atoms with E-state index in [1.165, 1.54) is 0 Å². The molecule has 6 nitrogen and oxygen atoms in total. The van der Waals surface area contributed by atoms with Crippen molar-refractivity contribution in [3.63, 3.8) is 0 Å². The first-order valence-corrected chi connectivity index (χ1v) is 10.6. The largest absolute Gasteiger partial charge is 0.487 e. The van der Waals surface area contributed by atoms with E-state index >= 15 is 0 Å². The number of aromatic nitrogens is 3. The minimum absolute atomic E-state index is 0.300. The molecule has 7 heteroatoms. The van der Waals surface area contributed by atoms with E-state index in [0.29, 0.717) is 6.42 Å². The average Bonchev–Trinajstić information content (AvgIpc) is 3.28. The first-order valence-electron chi connectivity index (χ1n) is 10.2. The fourth-order valence-corrected chi connectivity index (χ4v) is 5.08. The lowest BCUT2D eigenvalue weighted by Crippen LogP contribution is -2.34. The maximum atomic E-state index is 10.8. The molecular formula is C22H25ClN3O3+. The third-order valence-corrected chi connectivity index (χ3v) is 6.76. The zero-order chi connectivity index (χ0) is 20.1. The summed E-state index contributed by atoms with van der Waals surface area (Å²) >= 11 is 6.38. The van der Waals surface area contributed by atoms with Crippen LogP contribution in [0.2, 0.25) is 5.02 Å². The van der Waals surface area contributed by atoms with Crippen molar-refractivity contribution in [3.05, 3.63) is 52.9 Å². The number of nitrogens with zero attached hydrogens (tertiary/aromatic N) is 3. The lowest BCUT2D eigenvalue weighted by molar-refractivity contribution is -0.645. The van der Waals surface area contributed by atoms with Crippen molar-refractivity contribution in [2.45, 2.75) is 56.5 Å². The number of fused-ring (bicyclic) bond motifs is 2. The minimum atomic E-state index is -0.968. The van der Waals surface area contributed by atoms with Gasteiger partial charge in [-0.3, -0.25) is 0 Å². The predicted molar refractivity (Wildman–Crippen MR) is 109 cm³/mol. The molecule has 2 aromatic heterocycles. The first kappa shape index (κ1) is 18.9. The summed E-state index contributed by atoms with van der Waals surface area (Å²) < 4.78 is 10.2. The summed E-state index contributed by atoms with van der Waals surface area (Å²) in [6.07, 6.45) is 7.81. The van der Waals surface area contributed by atoms with Crippen molar-refractivity contribution in [3.8, 4) is 5.75 Å². The molecule has 4 atom stereocenters. The number of ether oxygens (including phenoxy) is 1. The Kier molecular flexibility index (Phi) is 4.73. The van der Waals surface area contributed by atoms with Crippen molar-refractivity contribution < 1.29 is 19.5 Å². The third-order valence-electron chi connectivity index (χ3n) is 6.40. The number of hydrogen-bond donors (Lipinski definition) is 2. The SMILES string of the molecule is C[n+]1ccnc2c1ccn2[C@@H]1C[C@H](Oc2ccc(Cl)c3c2CCCC3)[C@@H](O)[C@H]1O. The molecule has 0 spiro atoms. The zero-order valence-electron chi connectivity index (χ0n) is 16.3. The molecule has 0 amide bonds. The molecule has 152 valence electrons. The molecule has 3 aromatic rings. The Labute approximate surface area is 174 Å². The molecular weight excluding hydrogens is 390 g/mol. The van der Waals surface area contributed by atoms with Crippen LogP contribution in [0.4, 0.5) is 0 Å². The van der Waals surface area contributed by atoms with Crippen molar-refractivity contribution >= 4 is 22.8 Å².